The third-order valence-electron chi connectivity index (χ3n) is 5.41. The highest BCUT2D eigenvalue weighted by molar-refractivity contribution is 14.1. The minimum Gasteiger partial charge on any atom is -0.497 e. The van der Waals surface area contributed by atoms with Gasteiger partial charge in [0.05, 0.1) is 17.8 Å². The Morgan fingerprint density at radius 3 is 2.27 bits per heavy atom. The minimum atomic E-state index is -0.551. The molecule has 0 unspecified atom stereocenters. The molecule has 0 aliphatic heterocycles. The first-order valence-electron chi connectivity index (χ1n) is 11.2. The summed E-state index contributed by atoms with van der Waals surface area (Å²) in [5, 5.41) is 15.1. The molecular weight excluding hydrogens is 585 g/mol. The molecule has 0 saturated heterocycles. The predicted octanol–water partition coefficient (Wildman–Crippen LogP) is 5.49. The summed E-state index contributed by atoms with van der Waals surface area (Å²) in [4.78, 5) is 25.1. The van der Waals surface area contributed by atoms with Gasteiger partial charge in [-0.2, -0.15) is 5.26 Å². The molecule has 0 aliphatic rings. The van der Waals surface area contributed by atoms with Gasteiger partial charge >= 0.3 is 0 Å². The summed E-state index contributed by atoms with van der Waals surface area (Å²) < 4.78 is 17.0. The second-order valence-electron chi connectivity index (χ2n) is 8.02. The number of carbonyl (C=O) groups is 2. The van der Waals surface area contributed by atoms with Crippen molar-refractivity contribution in [3.63, 3.8) is 0 Å². The monoisotopic (exact) mass is 611 g/mol. The Bertz CT molecular complexity index is 1380. The first-order valence-corrected chi connectivity index (χ1v) is 12.3. The number of anilines is 2. The van der Waals surface area contributed by atoms with Gasteiger partial charge in [0.25, 0.3) is 11.8 Å². The van der Waals surface area contributed by atoms with Crippen LogP contribution in [0.5, 0.6) is 17.2 Å². The van der Waals surface area contributed by atoms with E-state index in [4.69, 9.17) is 14.2 Å². The van der Waals surface area contributed by atoms with Gasteiger partial charge in [0.15, 0.2) is 18.1 Å². The van der Waals surface area contributed by atoms with Crippen molar-refractivity contribution in [2.75, 3.05) is 31.5 Å². The molecule has 0 bridgehead atoms. The zero-order valence-electron chi connectivity index (χ0n) is 20.8. The van der Waals surface area contributed by atoms with Crippen LogP contribution in [0, 0.1) is 28.7 Å². The number of hydrogen-bond acceptors (Lipinski definition) is 6. The van der Waals surface area contributed by atoms with Crippen LogP contribution < -0.4 is 24.8 Å². The third kappa shape index (κ3) is 7.47. The lowest BCUT2D eigenvalue weighted by atomic mass is 10.1. The molecule has 0 radical (unpaired) electrons. The number of nitrogens with one attached hydrogen (secondary N) is 2. The topological polar surface area (TPSA) is 110 Å². The number of ether oxygens (including phenoxy) is 3. The number of benzene rings is 3. The van der Waals surface area contributed by atoms with Crippen LogP contribution in [0.15, 0.2) is 60.2 Å². The molecule has 8 nitrogen and oxygen atoms in total. The summed E-state index contributed by atoms with van der Waals surface area (Å²) in [6, 6.07) is 17.8. The van der Waals surface area contributed by atoms with E-state index in [9.17, 15) is 14.9 Å². The van der Waals surface area contributed by atoms with Gasteiger partial charge in [0, 0.05) is 11.4 Å². The molecule has 0 aliphatic carbocycles. The van der Waals surface area contributed by atoms with Crippen LogP contribution in [0.2, 0.25) is 0 Å². The molecule has 2 amide bonds. The lowest BCUT2D eigenvalue weighted by Crippen LogP contribution is -2.20. The Labute approximate surface area is 229 Å². The van der Waals surface area contributed by atoms with Gasteiger partial charge in [-0.3, -0.25) is 9.59 Å². The number of aryl methyl sites for hydroxylation is 2. The molecule has 9 heteroatoms. The SMILES string of the molecule is COc1ccc(NC(=O)/C(C#N)=C\c2cc(I)c(OCC(=O)Nc3ccc(C)c(C)c3)c(OC)c2)cc1. The zero-order valence-corrected chi connectivity index (χ0v) is 23.0. The summed E-state index contributed by atoms with van der Waals surface area (Å²) in [6.45, 7) is 3.76. The highest BCUT2D eigenvalue weighted by Crippen LogP contribution is 2.34. The Hall–Kier alpha value is -4.04. The van der Waals surface area contributed by atoms with E-state index in [1.54, 1.807) is 43.5 Å². The molecule has 3 rings (SSSR count). The van der Waals surface area contributed by atoms with Crippen LogP contribution in [0.1, 0.15) is 16.7 Å². The number of methoxy groups -OCH3 is 2. The van der Waals surface area contributed by atoms with Crippen molar-refractivity contribution >= 4 is 51.9 Å². The van der Waals surface area contributed by atoms with Crippen molar-refractivity contribution in [3.8, 4) is 23.3 Å². The van der Waals surface area contributed by atoms with Crippen molar-refractivity contribution in [1.29, 1.82) is 5.26 Å². The number of hydrogen-bond donors (Lipinski definition) is 2. The Balaban J connectivity index is 1.72. The maximum atomic E-state index is 12.6. The Morgan fingerprint density at radius 1 is 0.946 bits per heavy atom. The normalized spacial score (nSPS) is 10.8. The van der Waals surface area contributed by atoms with Gasteiger partial charge in [0.1, 0.15) is 17.4 Å². The van der Waals surface area contributed by atoms with E-state index in [0.29, 0.717) is 37.8 Å². The second-order valence-corrected chi connectivity index (χ2v) is 9.18. The summed E-state index contributed by atoms with van der Waals surface area (Å²) in [6.07, 6.45) is 1.46. The molecular formula is C28H26IN3O5. The standard InChI is InChI=1S/C28H26IN3O5/c1-17-5-6-22(11-18(17)2)31-26(33)16-37-27-24(29)13-19(14-25(27)36-4)12-20(15-30)28(34)32-21-7-9-23(35-3)10-8-21/h5-14H,16H2,1-4H3,(H,31,33)(H,32,34)/b20-12-. The van der Waals surface area contributed by atoms with Crippen molar-refractivity contribution in [2.24, 2.45) is 0 Å². The lowest BCUT2D eigenvalue weighted by Gasteiger charge is -2.14. The van der Waals surface area contributed by atoms with E-state index >= 15 is 0 Å². The fourth-order valence-electron chi connectivity index (χ4n) is 3.31. The van der Waals surface area contributed by atoms with Crippen LogP contribution >= 0.6 is 22.6 Å². The van der Waals surface area contributed by atoms with E-state index in [2.05, 4.69) is 33.2 Å². The summed E-state index contributed by atoms with van der Waals surface area (Å²) in [7, 11) is 3.03. The molecule has 3 aromatic rings. The molecule has 0 spiro atoms. The second kappa shape index (κ2) is 12.8. The van der Waals surface area contributed by atoms with Gasteiger partial charge in [-0.15, -0.1) is 0 Å². The molecule has 2 N–H and O–H groups in total. The maximum absolute atomic E-state index is 12.6. The highest BCUT2D eigenvalue weighted by atomic mass is 127. The third-order valence-corrected chi connectivity index (χ3v) is 6.22. The number of amides is 2. The van der Waals surface area contributed by atoms with E-state index < -0.39 is 5.91 Å². The molecule has 0 fully saturated rings. The molecule has 0 atom stereocenters. The van der Waals surface area contributed by atoms with E-state index in [0.717, 1.165) is 11.1 Å². The maximum Gasteiger partial charge on any atom is 0.266 e. The van der Waals surface area contributed by atoms with Gasteiger partial charge < -0.3 is 24.8 Å². The average Bonchev–Trinajstić information content (AvgIpc) is 2.88. The van der Waals surface area contributed by atoms with Crippen LogP contribution in [0.3, 0.4) is 0 Å². The number of nitrogens with zero attached hydrogens (tertiary/aromatic N) is 1. The lowest BCUT2D eigenvalue weighted by molar-refractivity contribution is -0.118. The van der Waals surface area contributed by atoms with E-state index in [1.165, 1.54) is 13.2 Å². The molecule has 0 saturated carbocycles. The first kappa shape index (κ1) is 27.5. The fraction of sp³-hybridized carbons (Fsp3) is 0.179. The number of nitriles is 1. The van der Waals surface area contributed by atoms with Crippen molar-refractivity contribution < 1.29 is 23.8 Å². The van der Waals surface area contributed by atoms with Gasteiger partial charge in [-0.1, -0.05) is 6.07 Å². The highest BCUT2D eigenvalue weighted by Gasteiger charge is 2.15. The van der Waals surface area contributed by atoms with Gasteiger partial charge in [-0.25, -0.2) is 0 Å². The predicted molar refractivity (Wildman–Crippen MR) is 151 cm³/mol. The van der Waals surface area contributed by atoms with Crippen molar-refractivity contribution in [3.05, 3.63) is 80.4 Å². The summed E-state index contributed by atoms with van der Waals surface area (Å²) in [5.74, 6) is 0.541. The first-order chi connectivity index (χ1) is 17.7. The molecule has 0 aromatic heterocycles. The quantitative estimate of drug-likeness (QED) is 0.188. The molecule has 37 heavy (non-hydrogen) atoms. The number of carbonyl (C=O) groups excluding carboxylic acids is 2. The Morgan fingerprint density at radius 2 is 1.65 bits per heavy atom. The van der Waals surface area contributed by atoms with Crippen LogP contribution in [0.25, 0.3) is 6.08 Å². The van der Waals surface area contributed by atoms with Gasteiger partial charge in [-0.05, 0) is 108 Å². The average molecular weight is 611 g/mol. The van der Waals surface area contributed by atoms with Crippen molar-refractivity contribution in [2.45, 2.75) is 13.8 Å². The van der Waals surface area contributed by atoms with E-state index in [1.807, 2.05) is 38.1 Å². The summed E-state index contributed by atoms with van der Waals surface area (Å²) >= 11 is 2.05. The zero-order chi connectivity index (χ0) is 26.9. The van der Waals surface area contributed by atoms with Crippen molar-refractivity contribution in [1.82, 2.24) is 0 Å². The number of halogens is 1. The van der Waals surface area contributed by atoms with Gasteiger partial charge in [0.2, 0.25) is 0 Å². The van der Waals surface area contributed by atoms with Crippen LogP contribution in [0.4, 0.5) is 11.4 Å². The number of rotatable bonds is 9. The Kier molecular flexibility index (Phi) is 9.51. The van der Waals surface area contributed by atoms with Crippen LogP contribution in [-0.2, 0) is 9.59 Å². The molecule has 0 heterocycles. The smallest absolute Gasteiger partial charge is 0.266 e. The largest absolute Gasteiger partial charge is 0.497 e. The van der Waals surface area contributed by atoms with Crippen LogP contribution in [-0.4, -0.2) is 32.6 Å². The fourth-order valence-corrected chi connectivity index (χ4v) is 4.09. The molecule has 190 valence electrons. The van der Waals surface area contributed by atoms with E-state index in [-0.39, 0.29) is 18.1 Å². The summed E-state index contributed by atoms with van der Waals surface area (Å²) in [5.41, 5.74) is 3.91. The molecule has 3 aromatic carbocycles. The minimum absolute atomic E-state index is 0.0879.